The predicted octanol–water partition coefficient (Wildman–Crippen LogP) is 6.08. The number of carbonyl (C=O) groups excluding carboxylic acids is 2. The number of pyridine rings is 1. The number of thiophene rings is 1. The Bertz CT molecular complexity index is 1710. The van der Waals surface area contributed by atoms with Crippen LogP contribution in [0.3, 0.4) is 0 Å². The van der Waals surface area contributed by atoms with Gasteiger partial charge < -0.3 is 10.2 Å². The van der Waals surface area contributed by atoms with Crippen molar-refractivity contribution in [1.29, 1.82) is 0 Å². The first-order valence-electron chi connectivity index (χ1n) is 13.4. The summed E-state index contributed by atoms with van der Waals surface area (Å²) in [7, 11) is -3.06. The topological polar surface area (TPSA) is 96.4 Å². The van der Waals surface area contributed by atoms with Crippen molar-refractivity contribution in [3.8, 4) is 10.4 Å². The molecule has 0 saturated carbocycles. The van der Waals surface area contributed by atoms with Crippen LogP contribution in [-0.2, 0) is 22.7 Å². The summed E-state index contributed by atoms with van der Waals surface area (Å²) >= 11 is 1.32. The molecule has 212 valence electrons. The van der Waals surface area contributed by atoms with Crippen LogP contribution in [0.1, 0.15) is 50.3 Å². The summed E-state index contributed by atoms with van der Waals surface area (Å²) in [6.07, 6.45) is 1.43. The van der Waals surface area contributed by atoms with Crippen LogP contribution in [0.2, 0.25) is 0 Å². The highest BCUT2D eigenvalue weighted by atomic mass is 32.2. The molecule has 0 atom stereocenters. The van der Waals surface area contributed by atoms with E-state index in [-0.39, 0.29) is 29.0 Å². The Morgan fingerprint density at radius 3 is 2.63 bits per heavy atom. The summed E-state index contributed by atoms with van der Waals surface area (Å²) < 4.78 is 38.0. The van der Waals surface area contributed by atoms with E-state index in [9.17, 15) is 22.4 Å². The second-order valence-electron chi connectivity index (χ2n) is 9.93. The fraction of sp³-hybridized carbons (Fsp3) is 0.258. The fourth-order valence-electron chi connectivity index (χ4n) is 4.88. The van der Waals surface area contributed by atoms with E-state index in [2.05, 4.69) is 10.3 Å². The van der Waals surface area contributed by atoms with Crippen LogP contribution in [0.15, 0.2) is 66.7 Å². The normalized spacial score (nSPS) is 12.8. The standard InChI is InChI=1S/C31H30FN3O4S2/c1-3-41(38,39)18-8-11-22-10-7-14-25(33-22)31(37)35-17-16-21-19-27(40-29(21)23-12-4-5-15-26(23)35)30(36)34-28-20(2)9-6-13-24(28)32/h4-7,9-10,12-15,19H,3,8,11,16-18H2,1-2H3,(H,34,36). The minimum Gasteiger partial charge on any atom is -0.319 e. The molecule has 0 spiro atoms. The lowest BCUT2D eigenvalue weighted by atomic mass is 10.1. The van der Waals surface area contributed by atoms with Gasteiger partial charge in [0.05, 0.1) is 22.0 Å². The Morgan fingerprint density at radius 2 is 1.85 bits per heavy atom. The molecule has 0 fully saturated rings. The highest BCUT2D eigenvalue weighted by Crippen LogP contribution is 2.42. The molecule has 0 radical (unpaired) electrons. The van der Waals surface area contributed by atoms with Gasteiger partial charge in [0.2, 0.25) is 0 Å². The van der Waals surface area contributed by atoms with E-state index >= 15 is 0 Å². The Labute approximate surface area is 243 Å². The Hall–Kier alpha value is -3.89. The number of para-hydroxylation sites is 2. The number of hydrogen-bond donors (Lipinski definition) is 1. The van der Waals surface area contributed by atoms with E-state index in [4.69, 9.17) is 0 Å². The quantitative estimate of drug-likeness (QED) is 0.268. The first-order valence-corrected chi connectivity index (χ1v) is 16.1. The molecule has 0 bridgehead atoms. The number of halogens is 1. The van der Waals surface area contributed by atoms with E-state index in [0.29, 0.717) is 47.6 Å². The summed E-state index contributed by atoms with van der Waals surface area (Å²) in [5.74, 6) is -0.917. The largest absolute Gasteiger partial charge is 0.319 e. The van der Waals surface area contributed by atoms with Crippen LogP contribution in [0.5, 0.6) is 0 Å². The molecule has 1 aliphatic heterocycles. The Morgan fingerprint density at radius 1 is 1.07 bits per heavy atom. The number of sulfone groups is 1. The number of benzene rings is 2. The van der Waals surface area contributed by atoms with Crippen molar-refractivity contribution in [2.45, 2.75) is 33.1 Å². The third kappa shape index (κ3) is 6.23. The second-order valence-corrected chi connectivity index (χ2v) is 13.5. The van der Waals surface area contributed by atoms with Crippen molar-refractivity contribution in [2.75, 3.05) is 28.3 Å². The average molecular weight is 592 g/mol. The van der Waals surface area contributed by atoms with Gasteiger partial charge >= 0.3 is 0 Å². The van der Waals surface area contributed by atoms with E-state index < -0.39 is 15.7 Å². The zero-order chi connectivity index (χ0) is 29.1. The van der Waals surface area contributed by atoms with Crippen LogP contribution in [-0.4, -0.2) is 43.3 Å². The minimum atomic E-state index is -3.06. The lowest BCUT2D eigenvalue weighted by molar-refractivity contribution is 0.0981. The van der Waals surface area contributed by atoms with Gasteiger partial charge in [-0.25, -0.2) is 17.8 Å². The Balaban J connectivity index is 1.39. The zero-order valence-electron chi connectivity index (χ0n) is 22.8. The summed E-state index contributed by atoms with van der Waals surface area (Å²) in [6.45, 7) is 3.76. The lowest BCUT2D eigenvalue weighted by Gasteiger charge is -2.23. The number of nitrogens with one attached hydrogen (secondary N) is 1. The molecular formula is C31H30FN3O4S2. The van der Waals surface area contributed by atoms with Crippen LogP contribution < -0.4 is 10.2 Å². The van der Waals surface area contributed by atoms with Gasteiger partial charge in [-0.3, -0.25) is 9.59 Å². The molecule has 2 aromatic heterocycles. The molecule has 0 saturated heterocycles. The molecule has 3 heterocycles. The smallest absolute Gasteiger partial charge is 0.276 e. The van der Waals surface area contributed by atoms with Gasteiger partial charge in [0.15, 0.2) is 0 Å². The number of aryl methyl sites for hydroxylation is 2. The van der Waals surface area contributed by atoms with Gasteiger partial charge in [0.25, 0.3) is 11.8 Å². The molecule has 0 unspecified atom stereocenters. The second kappa shape index (κ2) is 11.9. The number of anilines is 2. The number of amides is 2. The number of nitrogens with zero attached hydrogens (tertiary/aromatic N) is 2. The molecule has 2 amide bonds. The third-order valence-electron chi connectivity index (χ3n) is 7.14. The van der Waals surface area contributed by atoms with Crippen molar-refractivity contribution < 1.29 is 22.4 Å². The molecule has 10 heteroatoms. The number of fused-ring (bicyclic) bond motifs is 3. The van der Waals surface area contributed by atoms with Gasteiger partial charge in [-0.05, 0) is 67.6 Å². The summed E-state index contributed by atoms with van der Waals surface area (Å²) in [5.41, 5.74) is 4.26. The zero-order valence-corrected chi connectivity index (χ0v) is 24.4. The minimum absolute atomic E-state index is 0.0885. The van der Waals surface area contributed by atoms with Gasteiger partial charge in [0.1, 0.15) is 21.3 Å². The van der Waals surface area contributed by atoms with E-state index in [1.165, 1.54) is 17.4 Å². The number of rotatable bonds is 8. The van der Waals surface area contributed by atoms with Crippen molar-refractivity contribution in [3.63, 3.8) is 0 Å². The predicted molar refractivity (Wildman–Crippen MR) is 161 cm³/mol. The van der Waals surface area contributed by atoms with Crippen molar-refractivity contribution in [2.24, 2.45) is 0 Å². The van der Waals surface area contributed by atoms with Crippen molar-refractivity contribution >= 4 is 44.4 Å². The summed E-state index contributed by atoms with van der Waals surface area (Å²) in [5, 5.41) is 2.71. The molecular weight excluding hydrogens is 561 g/mol. The van der Waals surface area contributed by atoms with Gasteiger partial charge in [-0.2, -0.15) is 0 Å². The third-order valence-corrected chi connectivity index (χ3v) is 10.1. The van der Waals surface area contributed by atoms with Gasteiger partial charge in [-0.1, -0.05) is 43.3 Å². The van der Waals surface area contributed by atoms with Crippen LogP contribution in [0.4, 0.5) is 15.8 Å². The summed E-state index contributed by atoms with van der Waals surface area (Å²) in [6, 6.07) is 19.3. The fourth-order valence-corrected chi connectivity index (χ4v) is 6.89. The molecule has 4 aromatic rings. The highest BCUT2D eigenvalue weighted by Gasteiger charge is 2.28. The van der Waals surface area contributed by atoms with E-state index in [0.717, 1.165) is 21.7 Å². The SMILES string of the molecule is CCS(=O)(=O)CCCc1cccc(C(=O)N2CCc3cc(C(=O)Nc4c(C)cccc4F)sc3-c3ccccc32)n1. The lowest BCUT2D eigenvalue weighted by Crippen LogP contribution is -2.33. The first-order chi connectivity index (χ1) is 19.7. The Kier molecular flexibility index (Phi) is 8.32. The number of aromatic nitrogens is 1. The molecule has 5 rings (SSSR count). The van der Waals surface area contributed by atoms with Gasteiger partial charge in [-0.15, -0.1) is 11.3 Å². The number of hydrogen-bond acceptors (Lipinski definition) is 6. The van der Waals surface area contributed by atoms with Crippen molar-refractivity contribution in [1.82, 2.24) is 4.98 Å². The average Bonchev–Trinajstić information content (AvgIpc) is 3.33. The van der Waals surface area contributed by atoms with Crippen LogP contribution >= 0.6 is 11.3 Å². The molecule has 1 N–H and O–H groups in total. The molecule has 7 nitrogen and oxygen atoms in total. The highest BCUT2D eigenvalue weighted by molar-refractivity contribution is 7.91. The maximum Gasteiger partial charge on any atom is 0.276 e. The summed E-state index contributed by atoms with van der Waals surface area (Å²) in [4.78, 5) is 34.5. The van der Waals surface area contributed by atoms with Crippen LogP contribution in [0, 0.1) is 12.7 Å². The maximum absolute atomic E-state index is 14.3. The van der Waals surface area contributed by atoms with Crippen LogP contribution in [0.25, 0.3) is 10.4 Å². The van der Waals surface area contributed by atoms with Gasteiger partial charge in [0, 0.05) is 28.4 Å². The molecule has 41 heavy (non-hydrogen) atoms. The molecule has 1 aliphatic rings. The molecule has 2 aromatic carbocycles. The van der Waals surface area contributed by atoms with E-state index in [1.54, 1.807) is 49.1 Å². The molecule has 0 aliphatic carbocycles. The number of carbonyl (C=O) groups is 2. The maximum atomic E-state index is 14.3. The van der Waals surface area contributed by atoms with E-state index in [1.807, 2.05) is 30.3 Å². The van der Waals surface area contributed by atoms with Crippen molar-refractivity contribution in [3.05, 3.63) is 99.9 Å². The monoisotopic (exact) mass is 591 g/mol. The first kappa shape index (κ1) is 28.6.